The third-order valence-corrected chi connectivity index (χ3v) is 10.9. The van der Waals surface area contributed by atoms with Crippen molar-refractivity contribution in [1.82, 2.24) is 9.62 Å². The smallest absolute Gasteiger partial charge is 0.267 e. The average Bonchev–Trinajstić information content (AvgIpc) is 3.19. The highest BCUT2D eigenvalue weighted by Crippen LogP contribution is 2.30. The number of hydrogen-bond acceptors (Lipinski definition) is 8. The molecule has 2 heterocycles. The number of halogens is 1. The molecule has 0 atom stereocenters. The summed E-state index contributed by atoms with van der Waals surface area (Å²) in [6, 6.07) is 37.7. The minimum absolute atomic E-state index is 0.00979. The summed E-state index contributed by atoms with van der Waals surface area (Å²) in [6.07, 6.45) is 5.50. The molecule has 0 unspecified atom stereocenters. The van der Waals surface area contributed by atoms with Crippen LogP contribution in [0.4, 0.5) is 22.7 Å². The van der Waals surface area contributed by atoms with Crippen molar-refractivity contribution in [1.29, 1.82) is 0 Å². The molecule has 1 saturated heterocycles. The molecule has 0 saturated carbocycles. The Labute approximate surface area is 315 Å². The zero-order valence-electron chi connectivity index (χ0n) is 29.0. The van der Waals surface area contributed by atoms with E-state index in [0.717, 1.165) is 65.9 Å². The van der Waals surface area contributed by atoms with Gasteiger partial charge < -0.3 is 20.3 Å². The van der Waals surface area contributed by atoms with Gasteiger partial charge in [0.2, 0.25) is 0 Å². The molecule has 0 aromatic heterocycles. The number of ether oxygens (including phenoxy) is 1. The highest BCUT2D eigenvalue weighted by Gasteiger charge is 2.24. The molecule has 53 heavy (non-hydrogen) atoms. The van der Waals surface area contributed by atoms with E-state index in [2.05, 4.69) is 61.6 Å². The number of para-hydroxylation sites is 1. The molecule has 0 aliphatic carbocycles. The van der Waals surface area contributed by atoms with Gasteiger partial charge in [0.15, 0.2) is 0 Å². The predicted octanol–water partition coefficient (Wildman–Crippen LogP) is 8.07. The normalized spacial score (nSPS) is 14.6. The van der Waals surface area contributed by atoms with E-state index in [1.165, 1.54) is 23.3 Å². The Morgan fingerprint density at radius 2 is 1.53 bits per heavy atom. The van der Waals surface area contributed by atoms with Crippen LogP contribution in [0.2, 0.25) is 5.02 Å². The van der Waals surface area contributed by atoms with E-state index in [1.807, 2.05) is 66.7 Å². The van der Waals surface area contributed by atoms with Gasteiger partial charge in [-0.05, 0) is 101 Å². The number of anilines is 4. The van der Waals surface area contributed by atoms with Gasteiger partial charge in [-0.3, -0.25) is 9.69 Å². The number of sulfonamides is 1. The van der Waals surface area contributed by atoms with E-state index < -0.39 is 15.9 Å². The quantitative estimate of drug-likeness (QED) is 0.118. The third-order valence-electron chi connectivity index (χ3n) is 9.31. The van der Waals surface area contributed by atoms with Crippen molar-refractivity contribution in [2.45, 2.75) is 11.4 Å². The Morgan fingerprint density at radius 1 is 0.792 bits per heavy atom. The first-order valence-corrected chi connectivity index (χ1v) is 19.3. The van der Waals surface area contributed by atoms with Crippen molar-refractivity contribution in [3.05, 3.63) is 161 Å². The maximum Gasteiger partial charge on any atom is 0.267 e. The van der Waals surface area contributed by atoms with Crippen molar-refractivity contribution in [3.63, 3.8) is 0 Å². The fourth-order valence-corrected chi connectivity index (χ4v) is 7.51. The van der Waals surface area contributed by atoms with Crippen LogP contribution in [-0.4, -0.2) is 58.6 Å². The number of piperazine rings is 1. The van der Waals surface area contributed by atoms with E-state index in [4.69, 9.17) is 16.3 Å². The molecule has 11 heteroatoms. The number of carbonyl (C=O) groups excluding carboxylic acids is 1. The summed E-state index contributed by atoms with van der Waals surface area (Å²) >= 11 is 6.14. The van der Waals surface area contributed by atoms with Gasteiger partial charge in [-0.2, -0.15) is 0 Å². The molecule has 0 radical (unpaired) electrons. The second-order valence-electron chi connectivity index (χ2n) is 12.9. The summed E-state index contributed by atoms with van der Waals surface area (Å²) in [5, 5.41) is 7.34. The van der Waals surface area contributed by atoms with Gasteiger partial charge in [-0.25, -0.2) is 13.1 Å². The fourth-order valence-electron chi connectivity index (χ4n) is 6.42. The number of rotatable bonds is 12. The van der Waals surface area contributed by atoms with E-state index >= 15 is 0 Å². The molecule has 0 bridgehead atoms. The van der Waals surface area contributed by atoms with Crippen molar-refractivity contribution in [2.24, 2.45) is 0 Å². The van der Waals surface area contributed by atoms with Crippen LogP contribution in [-0.2, 0) is 21.3 Å². The van der Waals surface area contributed by atoms with E-state index in [-0.39, 0.29) is 10.5 Å². The van der Waals surface area contributed by atoms with Gasteiger partial charge in [0.1, 0.15) is 6.61 Å². The van der Waals surface area contributed by atoms with Crippen LogP contribution in [0, 0.1) is 0 Å². The Morgan fingerprint density at radius 3 is 2.26 bits per heavy atom. The lowest BCUT2D eigenvalue weighted by Crippen LogP contribution is -2.46. The summed E-state index contributed by atoms with van der Waals surface area (Å²) in [5.74, 6) is -0.723. The topological polar surface area (TPSA) is 103 Å². The largest absolute Gasteiger partial charge is 0.497 e. The van der Waals surface area contributed by atoms with Crippen molar-refractivity contribution >= 4 is 50.3 Å². The number of nitrogens with zero attached hydrogens (tertiary/aromatic N) is 2. The number of hydrogen-bond donors (Lipinski definition) is 3. The third kappa shape index (κ3) is 9.10. The van der Waals surface area contributed by atoms with Gasteiger partial charge >= 0.3 is 0 Å². The molecular formula is C42H40ClN5O4S. The summed E-state index contributed by atoms with van der Waals surface area (Å²) in [6.45, 7) is 5.22. The average molecular weight is 746 g/mol. The van der Waals surface area contributed by atoms with Gasteiger partial charge in [-0.1, -0.05) is 66.2 Å². The lowest BCUT2D eigenvalue weighted by atomic mass is 9.99. The van der Waals surface area contributed by atoms with Crippen molar-refractivity contribution in [2.75, 3.05) is 54.9 Å². The Kier molecular flexibility index (Phi) is 11.1. The monoisotopic (exact) mass is 745 g/mol. The standard InChI is InChI=1S/C42H40ClN5O4S/c43-34-12-10-32(11-13-34)39-9-5-4-6-33(39)30-47-22-24-48(25-23-47)37-16-19-40(41(28-37)45-36-7-2-1-3-8-36)42(49)46-53(50,51)38-17-14-35(15-18-38)44-29-31-20-26-52-27-21-31/h1-21,26,28,44-45H,22-25,27,29-30H2,(H,46,49). The van der Waals surface area contributed by atoms with Crippen LogP contribution in [0.1, 0.15) is 15.9 Å². The molecule has 2 aliphatic rings. The fraction of sp³-hybridized carbons (Fsp3) is 0.167. The van der Waals surface area contributed by atoms with Crippen LogP contribution >= 0.6 is 11.6 Å². The molecule has 2 aliphatic heterocycles. The van der Waals surface area contributed by atoms with Gasteiger partial charge in [-0.15, -0.1) is 0 Å². The molecule has 1 amide bonds. The Hall–Kier alpha value is -5.55. The van der Waals surface area contributed by atoms with E-state index in [9.17, 15) is 13.2 Å². The summed E-state index contributed by atoms with van der Waals surface area (Å²) in [4.78, 5) is 18.4. The Balaban J connectivity index is 1.03. The van der Waals surface area contributed by atoms with Crippen LogP contribution in [0.3, 0.4) is 0 Å². The minimum atomic E-state index is -4.15. The first-order chi connectivity index (χ1) is 25.8. The summed E-state index contributed by atoms with van der Waals surface area (Å²) < 4.78 is 34.2. The number of nitrogens with one attached hydrogen (secondary N) is 3. The number of carbonyl (C=O) groups is 1. The van der Waals surface area contributed by atoms with Crippen LogP contribution in [0.15, 0.2) is 150 Å². The highest BCUT2D eigenvalue weighted by atomic mass is 35.5. The SMILES string of the molecule is O=C(NS(=O)(=O)c1ccc(NCC2=CCOC=C2)cc1)c1ccc(N2CCN(Cc3ccccc3-c3ccc(Cl)cc3)CC2)cc1Nc1ccccc1. The molecule has 0 spiro atoms. The maximum absolute atomic E-state index is 13.6. The molecule has 1 fully saturated rings. The van der Waals surface area contributed by atoms with Gasteiger partial charge in [0.05, 0.1) is 22.4 Å². The summed E-state index contributed by atoms with van der Waals surface area (Å²) in [7, 11) is -4.15. The first-order valence-electron chi connectivity index (χ1n) is 17.5. The molecule has 9 nitrogen and oxygen atoms in total. The maximum atomic E-state index is 13.6. The molecule has 3 N–H and O–H groups in total. The zero-order valence-corrected chi connectivity index (χ0v) is 30.6. The highest BCUT2D eigenvalue weighted by molar-refractivity contribution is 7.90. The minimum Gasteiger partial charge on any atom is -0.497 e. The van der Waals surface area contributed by atoms with Crippen molar-refractivity contribution in [3.8, 4) is 11.1 Å². The first kappa shape index (κ1) is 35.8. The lowest BCUT2D eigenvalue weighted by Gasteiger charge is -2.36. The second-order valence-corrected chi connectivity index (χ2v) is 15.0. The van der Waals surface area contributed by atoms with Gasteiger partial charge in [0, 0.05) is 61.4 Å². The van der Waals surface area contributed by atoms with Crippen LogP contribution in [0.25, 0.3) is 11.1 Å². The van der Waals surface area contributed by atoms with Crippen LogP contribution in [0.5, 0.6) is 0 Å². The molecule has 7 rings (SSSR count). The zero-order chi connectivity index (χ0) is 36.6. The molecule has 5 aromatic rings. The summed E-state index contributed by atoms with van der Waals surface area (Å²) in [5.41, 5.74) is 7.88. The Bertz CT molecular complexity index is 2220. The molecule has 5 aromatic carbocycles. The van der Waals surface area contributed by atoms with Crippen LogP contribution < -0.4 is 20.3 Å². The second kappa shape index (κ2) is 16.4. The van der Waals surface area contributed by atoms with Gasteiger partial charge in [0.25, 0.3) is 15.9 Å². The number of benzene rings is 5. The molecular weight excluding hydrogens is 706 g/mol. The van der Waals surface area contributed by atoms with E-state index in [1.54, 1.807) is 24.5 Å². The number of amides is 1. The molecule has 270 valence electrons. The lowest BCUT2D eigenvalue weighted by molar-refractivity contribution is 0.0982. The predicted molar refractivity (Wildman–Crippen MR) is 213 cm³/mol. The van der Waals surface area contributed by atoms with Crippen molar-refractivity contribution < 1.29 is 17.9 Å². The van der Waals surface area contributed by atoms with E-state index in [0.29, 0.717) is 18.8 Å².